The summed E-state index contributed by atoms with van der Waals surface area (Å²) in [6.07, 6.45) is 3.99. The van der Waals surface area contributed by atoms with Crippen molar-refractivity contribution in [3.05, 3.63) is 65.3 Å². The van der Waals surface area contributed by atoms with Crippen molar-refractivity contribution in [2.75, 3.05) is 26.9 Å². The molecule has 1 atom stereocenters. The van der Waals surface area contributed by atoms with Crippen molar-refractivity contribution < 1.29 is 27.8 Å². The van der Waals surface area contributed by atoms with Gasteiger partial charge in [0.15, 0.2) is 0 Å². The average molecular weight is 648 g/mol. The number of rotatable bonds is 10. The van der Waals surface area contributed by atoms with Gasteiger partial charge in [0.2, 0.25) is 11.8 Å². The van der Waals surface area contributed by atoms with E-state index in [-0.39, 0.29) is 53.2 Å². The molecule has 9 nitrogen and oxygen atoms in total. The lowest BCUT2D eigenvalue weighted by molar-refractivity contribution is -0.145. The van der Waals surface area contributed by atoms with E-state index in [4.69, 9.17) is 19.6 Å². The second kappa shape index (κ2) is 11.3. The maximum absolute atomic E-state index is 16.0. The van der Waals surface area contributed by atoms with Gasteiger partial charge in [0.25, 0.3) is 0 Å². The summed E-state index contributed by atoms with van der Waals surface area (Å²) in [7, 11) is 1.53. The van der Waals surface area contributed by atoms with Crippen LogP contribution >= 0.6 is 11.3 Å². The van der Waals surface area contributed by atoms with E-state index < -0.39 is 11.6 Å². The molecular formula is C34H35F2N5O4S. The molecular weight excluding hydrogens is 612 g/mol. The molecule has 12 heteroatoms. The molecule has 2 bridgehead atoms. The molecule has 0 radical (unpaired) electrons. The zero-order valence-electron chi connectivity index (χ0n) is 26.0. The smallest absolute Gasteiger partial charge is 0.246 e. The number of nitrogens with one attached hydrogen (secondary N) is 1. The van der Waals surface area contributed by atoms with E-state index in [0.717, 1.165) is 46.8 Å². The summed E-state index contributed by atoms with van der Waals surface area (Å²) in [5, 5.41) is 10.8. The Morgan fingerprint density at radius 3 is 2.70 bits per heavy atom. The summed E-state index contributed by atoms with van der Waals surface area (Å²) in [5.74, 6) is -1.66. The Kier molecular flexibility index (Phi) is 7.47. The van der Waals surface area contributed by atoms with Crippen LogP contribution in [0.5, 0.6) is 5.75 Å². The van der Waals surface area contributed by atoms with Gasteiger partial charge in [-0.2, -0.15) is 5.10 Å². The fourth-order valence-electron chi connectivity index (χ4n) is 7.68. The lowest BCUT2D eigenvalue weighted by Crippen LogP contribution is -2.68. The highest BCUT2D eigenvalue weighted by atomic mass is 32.1. The van der Waals surface area contributed by atoms with Crippen LogP contribution in [0.2, 0.25) is 0 Å². The zero-order valence-corrected chi connectivity index (χ0v) is 26.8. The first kappa shape index (κ1) is 30.5. The molecule has 3 aromatic heterocycles. The van der Waals surface area contributed by atoms with Crippen LogP contribution in [0.25, 0.3) is 32.6 Å². The minimum absolute atomic E-state index is 0.0416. The molecule has 1 aromatic carbocycles. The molecule has 2 amide bonds. The number of carbonyl (C=O) groups is 2. The summed E-state index contributed by atoms with van der Waals surface area (Å²) in [6.45, 7) is 8.93. The number of nitrogens with zero attached hydrogens (tertiary/aromatic N) is 4. The number of carbonyl (C=O) groups excluding carboxylic acids is 2. The molecule has 4 aliphatic rings. The Morgan fingerprint density at radius 1 is 1.20 bits per heavy atom. The van der Waals surface area contributed by atoms with Gasteiger partial charge in [-0.3, -0.25) is 14.3 Å². The van der Waals surface area contributed by atoms with E-state index in [1.807, 2.05) is 29.1 Å². The third kappa shape index (κ3) is 4.89. The molecule has 0 unspecified atom stereocenters. The Labute approximate surface area is 269 Å². The van der Waals surface area contributed by atoms with E-state index in [1.165, 1.54) is 37.5 Å². The number of hydrogen-bond donors (Lipinski definition) is 1. The first-order valence-corrected chi connectivity index (χ1v) is 16.2. The molecule has 3 aliphatic carbocycles. The molecule has 3 saturated carbocycles. The van der Waals surface area contributed by atoms with Gasteiger partial charge in [-0.05, 0) is 55.2 Å². The Morgan fingerprint density at radius 2 is 1.98 bits per heavy atom. The lowest BCUT2D eigenvalue weighted by atomic mass is 9.34. The van der Waals surface area contributed by atoms with Crippen LogP contribution in [0.1, 0.15) is 44.5 Å². The fraction of sp³-hybridized carbons (Fsp3) is 0.412. The second-order valence-corrected chi connectivity index (χ2v) is 13.8. The van der Waals surface area contributed by atoms with Crippen LogP contribution in [0.4, 0.5) is 8.78 Å². The normalized spacial score (nSPS) is 23.0. The minimum Gasteiger partial charge on any atom is -0.490 e. The van der Waals surface area contributed by atoms with Crippen LogP contribution in [-0.2, 0) is 32.8 Å². The third-order valence-electron chi connectivity index (χ3n) is 9.64. The third-order valence-corrected chi connectivity index (χ3v) is 10.6. The number of ether oxygens (including phenoxy) is 2. The molecule has 240 valence electrons. The standard InChI is InChI=1S/C34H35F2N5O4S/c1-5-27(43)40-14-22-12-25(39-41(22)13-19(40)2)30-29(28-24(36)10-21(35)11-26(28)45-8-7-44-4)31-23(6-9-46-31)32(38-30)34-15-33(16-34,17-34)18-37-20(3)42/h5-6,9-12,19H,1,7-8,13-18H2,2-4H3,(H,37,42)/t19-,33?,34?/m1/s1. The van der Waals surface area contributed by atoms with E-state index in [1.54, 1.807) is 4.90 Å². The summed E-state index contributed by atoms with van der Waals surface area (Å²) in [4.78, 5) is 31.3. The fourth-order valence-corrected chi connectivity index (χ4v) is 8.63. The average Bonchev–Trinajstić information content (AvgIpc) is 3.62. The first-order chi connectivity index (χ1) is 22.1. The predicted octanol–water partition coefficient (Wildman–Crippen LogP) is 5.60. The number of halogens is 2. The van der Waals surface area contributed by atoms with Crippen molar-refractivity contribution in [1.29, 1.82) is 0 Å². The number of fused-ring (bicyclic) bond motifs is 2. The molecule has 3 fully saturated rings. The van der Waals surface area contributed by atoms with Crippen LogP contribution in [0.3, 0.4) is 0 Å². The Hall–Kier alpha value is -4.16. The van der Waals surface area contributed by atoms with Crippen molar-refractivity contribution in [3.8, 4) is 28.3 Å². The van der Waals surface area contributed by atoms with E-state index in [2.05, 4.69) is 11.9 Å². The highest BCUT2D eigenvalue weighted by molar-refractivity contribution is 7.17. The first-order valence-electron chi connectivity index (χ1n) is 15.3. The van der Waals surface area contributed by atoms with Gasteiger partial charge in [0.05, 0.1) is 36.6 Å². The van der Waals surface area contributed by atoms with Gasteiger partial charge in [0.1, 0.15) is 35.4 Å². The van der Waals surface area contributed by atoms with Crippen LogP contribution < -0.4 is 10.1 Å². The second-order valence-electron chi connectivity index (χ2n) is 12.9. The monoisotopic (exact) mass is 647 g/mol. The largest absolute Gasteiger partial charge is 0.490 e. The van der Waals surface area contributed by atoms with Crippen LogP contribution in [0, 0.1) is 17.0 Å². The topological polar surface area (TPSA) is 98.6 Å². The number of pyridine rings is 1. The molecule has 8 rings (SSSR count). The number of thiophene rings is 1. The Bertz CT molecular complexity index is 1880. The van der Waals surface area contributed by atoms with E-state index >= 15 is 4.39 Å². The number of hydrogen-bond acceptors (Lipinski definition) is 7. The molecule has 4 aromatic rings. The maximum atomic E-state index is 16.0. The number of methoxy groups -OCH3 is 1. The van der Waals surface area contributed by atoms with Gasteiger partial charge in [-0.25, -0.2) is 13.8 Å². The van der Waals surface area contributed by atoms with E-state index in [0.29, 0.717) is 36.6 Å². The lowest BCUT2D eigenvalue weighted by Gasteiger charge is -2.70. The van der Waals surface area contributed by atoms with Crippen molar-refractivity contribution in [1.82, 2.24) is 25.0 Å². The summed E-state index contributed by atoms with van der Waals surface area (Å²) in [6, 6.07) is 5.86. The number of aromatic nitrogens is 3. The molecule has 46 heavy (non-hydrogen) atoms. The van der Waals surface area contributed by atoms with Crippen LogP contribution in [0.15, 0.2) is 42.3 Å². The minimum atomic E-state index is -0.766. The Balaban J connectivity index is 1.40. The van der Waals surface area contributed by atoms with Crippen molar-refractivity contribution in [3.63, 3.8) is 0 Å². The van der Waals surface area contributed by atoms with Crippen molar-refractivity contribution in [2.24, 2.45) is 5.41 Å². The summed E-state index contributed by atoms with van der Waals surface area (Å²) < 4.78 is 44.4. The van der Waals surface area contributed by atoms with Gasteiger partial charge < -0.3 is 19.7 Å². The molecule has 0 saturated heterocycles. The predicted molar refractivity (Wildman–Crippen MR) is 170 cm³/mol. The SMILES string of the molecule is C=CC(=O)N1Cc2cc(-c3nc(C45CC(CNC(C)=O)(C4)C5)c4ccsc4c3-c3c(F)cc(F)cc3OCCOC)nn2C[C@H]1C. The molecule has 0 spiro atoms. The highest BCUT2D eigenvalue weighted by Gasteiger charge is 2.69. The summed E-state index contributed by atoms with van der Waals surface area (Å²) >= 11 is 1.47. The molecule has 4 heterocycles. The highest BCUT2D eigenvalue weighted by Crippen LogP contribution is 2.74. The van der Waals surface area contributed by atoms with Gasteiger partial charge in [0, 0.05) is 59.8 Å². The van der Waals surface area contributed by atoms with Crippen molar-refractivity contribution in [2.45, 2.75) is 57.7 Å². The van der Waals surface area contributed by atoms with Gasteiger partial charge >= 0.3 is 0 Å². The quantitative estimate of drug-likeness (QED) is 0.178. The van der Waals surface area contributed by atoms with Crippen molar-refractivity contribution >= 4 is 33.2 Å². The number of benzene rings is 1. The summed E-state index contributed by atoms with van der Waals surface area (Å²) in [5.41, 5.74) is 3.26. The van der Waals surface area contributed by atoms with Gasteiger partial charge in [-0.1, -0.05) is 6.58 Å². The van der Waals surface area contributed by atoms with Gasteiger partial charge in [-0.15, -0.1) is 11.3 Å². The van der Waals surface area contributed by atoms with Crippen LogP contribution in [-0.4, -0.2) is 64.4 Å². The zero-order chi connectivity index (χ0) is 32.4. The van der Waals surface area contributed by atoms with E-state index in [9.17, 15) is 14.0 Å². The molecule has 1 aliphatic heterocycles. The number of amides is 2. The maximum Gasteiger partial charge on any atom is 0.246 e. The molecule has 1 N–H and O–H groups in total.